The van der Waals surface area contributed by atoms with Crippen molar-refractivity contribution in [2.45, 2.75) is 71.6 Å². The number of amides is 1. The van der Waals surface area contributed by atoms with Gasteiger partial charge in [-0.2, -0.15) is 5.10 Å². The van der Waals surface area contributed by atoms with E-state index in [1.807, 2.05) is 25.5 Å². The first-order chi connectivity index (χ1) is 12.4. The topological polar surface area (TPSA) is 56.6 Å². The van der Waals surface area contributed by atoms with Crippen LogP contribution in [0.5, 0.6) is 0 Å². The van der Waals surface area contributed by atoms with Crippen molar-refractivity contribution in [2.75, 3.05) is 19.7 Å². The predicted octanol–water partition coefficient (Wildman–Crippen LogP) is 4.17. The van der Waals surface area contributed by atoms with Gasteiger partial charge in [0.25, 0.3) is 0 Å². The predicted molar refractivity (Wildman–Crippen MR) is 101 cm³/mol. The van der Waals surface area contributed by atoms with Gasteiger partial charge in [-0.05, 0) is 64.0 Å². The van der Waals surface area contributed by atoms with Gasteiger partial charge in [-0.15, -0.1) is 0 Å². The molecule has 3 rings (SSSR count). The molecule has 3 heterocycles. The summed E-state index contributed by atoms with van der Waals surface area (Å²) < 4.78 is 13.3. The van der Waals surface area contributed by atoms with E-state index >= 15 is 0 Å². The lowest BCUT2D eigenvalue weighted by Gasteiger charge is -2.29. The van der Waals surface area contributed by atoms with Gasteiger partial charge in [-0.25, -0.2) is 9.48 Å². The number of aromatic nitrogens is 2. The molecule has 0 saturated carbocycles. The minimum absolute atomic E-state index is 0.0604. The molecule has 0 aliphatic carbocycles. The van der Waals surface area contributed by atoms with Crippen LogP contribution in [0.25, 0.3) is 5.57 Å². The fourth-order valence-electron chi connectivity index (χ4n) is 3.41. The number of carbonyl (C=O) groups excluding carboxylic acids is 1. The molecule has 0 aromatic carbocycles. The molecule has 0 bridgehead atoms. The van der Waals surface area contributed by atoms with Gasteiger partial charge in [-0.1, -0.05) is 13.0 Å². The Morgan fingerprint density at radius 2 is 2.19 bits per heavy atom. The van der Waals surface area contributed by atoms with E-state index in [1.165, 1.54) is 17.6 Å². The van der Waals surface area contributed by atoms with E-state index in [-0.39, 0.29) is 12.3 Å². The van der Waals surface area contributed by atoms with Crippen LogP contribution in [-0.2, 0) is 15.9 Å². The average molecular weight is 361 g/mol. The van der Waals surface area contributed by atoms with Crippen molar-refractivity contribution in [2.24, 2.45) is 0 Å². The first-order valence-electron chi connectivity index (χ1n) is 9.74. The van der Waals surface area contributed by atoms with Gasteiger partial charge >= 0.3 is 6.09 Å². The van der Waals surface area contributed by atoms with E-state index in [0.717, 1.165) is 38.0 Å². The van der Waals surface area contributed by atoms with Crippen LogP contribution in [0.4, 0.5) is 4.79 Å². The van der Waals surface area contributed by atoms with Crippen LogP contribution in [0.3, 0.4) is 0 Å². The van der Waals surface area contributed by atoms with Crippen molar-refractivity contribution in [3.05, 3.63) is 23.5 Å². The Bertz CT molecular complexity index is 666. The van der Waals surface area contributed by atoms with Crippen molar-refractivity contribution < 1.29 is 14.3 Å². The molecule has 1 aromatic rings. The Hall–Kier alpha value is -1.82. The quantitative estimate of drug-likeness (QED) is 0.811. The summed E-state index contributed by atoms with van der Waals surface area (Å²) in [7, 11) is 0. The molecule has 6 heteroatoms. The second-order valence-electron chi connectivity index (χ2n) is 8.06. The Balaban J connectivity index is 1.71. The lowest BCUT2D eigenvalue weighted by Crippen LogP contribution is -2.39. The molecule has 1 amide bonds. The van der Waals surface area contributed by atoms with E-state index in [4.69, 9.17) is 14.6 Å². The van der Waals surface area contributed by atoms with E-state index in [9.17, 15) is 4.79 Å². The highest BCUT2D eigenvalue weighted by Crippen LogP contribution is 2.29. The van der Waals surface area contributed by atoms with Crippen molar-refractivity contribution in [3.63, 3.8) is 0 Å². The first-order valence-corrected chi connectivity index (χ1v) is 9.74. The van der Waals surface area contributed by atoms with Crippen LogP contribution in [0, 0.1) is 0 Å². The van der Waals surface area contributed by atoms with Crippen LogP contribution in [0.15, 0.2) is 12.3 Å². The largest absolute Gasteiger partial charge is 0.444 e. The smallest absolute Gasteiger partial charge is 0.410 e. The summed E-state index contributed by atoms with van der Waals surface area (Å²) in [4.78, 5) is 14.0. The Labute approximate surface area is 156 Å². The lowest BCUT2D eigenvalue weighted by molar-refractivity contribution is -0.0395. The Morgan fingerprint density at radius 1 is 1.38 bits per heavy atom. The third kappa shape index (κ3) is 4.47. The van der Waals surface area contributed by atoms with Crippen molar-refractivity contribution in [1.29, 1.82) is 0 Å². The maximum Gasteiger partial charge on any atom is 0.410 e. The Morgan fingerprint density at radius 3 is 2.77 bits per heavy atom. The molecule has 144 valence electrons. The molecule has 0 radical (unpaired) electrons. The van der Waals surface area contributed by atoms with Crippen molar-refractivity contribution in [1.82, 2.24) is 14.7 Å². The molecule has 26 heavy (non-hydrogen) atoms. The number of hydrogen-bond acceptors (Lipinski definition) is 4. The van der Waals surface area contributed by atoms with Crippen LogP contribution in [0.1, 0.15) is 70.9 Å². The fraction of sp³-hybridized carbons (Fsp3) is 0.700. The van der Waals surface area contributed by atoms with Crippen LogP contribution >= 0.6 is 0 Å². The second-order valence-corrected chi connectivity index (χ2v) is 8.06. The summed E-state index contributed by atoms with van der Waals surface area (Å²) >= 11 is 0. The maximum absolute atomic E-state index is 12.2. The summed E-state index contributed by atoms with van der Waals surface area (Å²) in [6.07, 6.45) is 9.15. The van der Waals surface area contributed by atoms with Crippen LogP contribution < -0.4 is 0 Å². The van der Waals surface area contributed by atoms with Crippen LogP contribution in [-0.4, -0.2) is 46.1 Å². The molecular formula is C20H31N3O3. The summed E-state index contributed by atoms with van der Waals surface area (Å²) in [6.45, 7) is 9.88. The zero-order valence-corrected chi connectivity index (χ0v) is 16.5. The summed E-state index contributed by atoms with van der Waals surface area (Å²) in [5.41, 5.74) is 3.06. The second kappa shape index (κ2) is 7.82. The summed E-state index contributed by atoms with van der Waals surface area (Å²) in [5.74, 6) is 0. The summed E-state index contributed by atoms with van der Waals surface area (Å²) in [5, 5.41) is 4.85. The molecule has 1 aromatic heterocycles. The van der Waals surface area contributed by atoms with E-state index in [0.29, 0.717) is 13.1 Å². The molecule has 1 fully saturated rings. The van der Waals surface area contributed by atoms with Crippen molar-refractivity contribution >= 4 is 11.7 Å². The average Bonchev–Trinajstić information content (AvgIpc) is 3.05. The number of nitrogens with zero attached hydrogens (tertiary/aromatic N) is 3. The SMILES string of the molecule is CCc1cn(C2CCCCO2)nc1C1=CCN(C(=O)OC(C)(C)C)CC1. The molecule has 1 saturated heterocycles. The van der Waals surface area contributed by atoms with Crippen LogP contribution in [0.2, 0.25) is 0 Å². The molecular weight excluding hydrogens is 330 g/mol. The third-order valence-electron chi connectivity index (χ3n) is 4.80. The van der Waals surface area contributed by atoms with Gasteiger partial charge in [0.2, 0.25) is 0 Å². The van der Waals surface area contributed by atoms with Gasteiger partial charge in [0.15, 0.2) is 0 Å². The van der Waals surface area contributed by atoms with Gasteiger partial charge in [0.05, 0.1) is 5.69 Å². The molecule has 1 unspecified atom stereocenters. The van der Waals surface area contributed by atoms with E-state index < -0.39 is 5.60 Å². The zero-order valence-electron chi connectivity index (χ0n) is 16.5. The standard InChI is InChI=1S/C20H31N3O3/c1-5-15-14-23(17-8-6-7-13-25-17)21-18(15)16-9-11-22(12-10-16)19(24)26-20(2,3)4/h9,14,17H,5-8,10-13H2,1-4H3. The van der Waals surface area contributed by atoms with Gasteiger partial charge in [0, 0.05) is 25.9 Å². The monoisotopic (exact) mass is 361 g/mol. The number of carbonyl (C=O) groups is 1. The van der Waals surface area contributed by atoms with Gasteiger partial charge in [0.1, 0.15) is 11.8 Å². The summed E-state index contributed by atoms with van der Waals surface area (Å²) in [6, 6.07) is 0. The fourth-order valence-corrected chi connectivity index (χ4v) is 3.41. The number of hydrogen-bond donors (Lipinski definition) is 0. The minimum Gasteiger partial charge on any atom is -0.444 e. The van der Waals surface area contributed by atoms with E-state index in [2.05, 4.69) is 19.2 Å². The number of aryl methyl sites for hydroxylation is 1. The molecule has 1 atom stereocenters. The van der Waals surface area contributed by atoms with Crippen molar-refractivity contribution in [3.8, 4) is 0 Å². The third-order valence-corrected chi connectivity index (χ3v) is 4.80. The normalized spacial score (nSPS) is 21.5. The molecule has 2 aliphatic rings. The zero-order chi connectivity index (χ0) is 18.7. The minimum atomic E-state index is -0.463. The van der Waals surface area contributed by atoms with E-state index in [1.54, 1.807) is 4.90 Å². The Kier molecular flexibility index (Phi) is 5.70. The first kappa shape index (κ1) is 19.0. The highest BCUT2D eigenvalue weighted by atomic mass is 16.6. The highest BCUT2D eigenvalue weighted by molar-refractivity contribution is 5.72. The molecule has 2 aliphatic heterocycles. The lowest BCUT2D eigenvalue weighted by atomic mass is 10.0. The van der Waals surface area contributed by atoms with Gasteiger partial charge < -0.3 is 14.4 Å². The molecule has 0 N–H and O–H groups in total. The number of ether oxygens (including phenoxy) is 2. The van der Waals surface area contributed by atoms with Gasteiger partial charge in [-0.3, -0.25) is 0 Å². The maximum atomic E-state index is 12.2. The number of rotatable bonds is 3. The molecule has 0 spiro atoms. The molecule has 6 nitrogen and oxygen atoms in total. The highest BCUT2D eigenvalue weighted by Gasteiger charge is 2.26.